The highest BCUT2D eigenvalue weighted by Gasteiger charge is 2.44. The monoisotopic (exact) mass is 590 g/mol. The van der Waals surface area contributed by atoms with Gasteiger partial charge in [0.15, 0.2) is 0 Å². The summed E-state index contributed by atoms with van der Waals surface area (Å²) in [7, 11) is 0. The Morgan fingerprint density at radius 2 is 1.48 bits per heavy atom. The zero-order chi connectivity index (χ0) is 17.5. The molecule has 124 valence electrons. The molecule has 0 spiro atoms. The van der Waals surface area contributed by atoms with Crippen molar-refractivity contribution in [2.75, 3.05) is 12.0 Å². The van der Waals surface area contributed by atoms with Gasteiger partial charge in [-0.1, -0.05) is 0 Å². The third-order valence-electron chi connectivity index (χ3n) is 3.31. The molecule has 1 aliphatic rings. The van der Waals surface area contributed by atoms with E-state index in [4.69, 9.17) is 0 Å². The molecule has 0 aromatic heterocycles. The molecule has 23 heavy (non-hydrogen) atoms. The van der Waals surface area contributed by atoms with Gasteiger partial charge in [-0.25, -0.2) is 0 Å². The highest BCUT2D eigenvalue weighted by molar-refractivity contribution is 9.15. The van der Waals surface area contributed by atoms with Crippen molar-refractivity contribution in [1.29, 1.82) is 0 Å². The number of thioether (sulfide) groups is 1. The van der Waals surface area contributed by atoms with Gasteiger partial charge in [-0.05, 0) is 82.1 Å². The van der Waals surface area contributed by atoms with Crippen molar-refractivity contribution in [1.82, 2.24) is 4.90 Å². The lowest BCUT2D eigenvalue weighted by molar-refractivity contribution is -0.310. The molecule has 5 nitrogen and oxygen atoms in total. The predicted molar refractivity (Wildman–Crippen MR) is 99.5 cm³/mol. The van der Waals surface area contributed by atoms with E-state index in [0.29, 0.717) is 23.6 Å². The standard InChI is InChI=1S/C13H9Br4NO4S/c1-23-3-2-4(13(21)22)18-11(19)5-6(12(18)20)8(15)10(17)9(16)7(5)14/h4H,2-3H2,1H3,(H,21,22)/p-1/t4-/m0/s1. The van der Waals surface area contributed by atoms with Gasteiger partial charge < -0.3 is 9.90 Å². The summed E-state index contributed by atoms with van der Waals surface area (Å²) in [6, 6.07) is -1.30. The Balaban J connectivity index is 2.59. The maximum atomic E-state index is 12.7. The number of halogens is 4. The minimum atomic E-state index is -1.45. The molecule has 10 heteroatoms. The second-order valence-corrected chi connectivity index (χ2v) is 8.76. The van der Waals surface area contributed by atoms with E-state index in [9.17, 15) is 19.5 Å². The summed E-state index contributed by atoms with van der Waals surface area (Å²) in [6.45, 7) is 0. The van der Waals surface area contributed by atoms with Crippen molar-refractivity contribution in [2.24, 2.45) is 0 Å². The Bertz CT molecular complexity index is 678. The number of carboxylic acid groups (broad SMARTS) is 1. The van der Waals surface area contributed by atoms with Crippen LogP contribution in [-0.2, 0) is 4.79 Å². The summed E-state index contributed by atoms with van der Waals surface area (Å²) in [6.07, 6.45) is 1.95. The van der Waals surface area contributed by atoms with Crippen LogP contribution in [0.15, 0.2) is 17.9 Å². The van der Waals surface area contributed by atoms with Crippen molar-refractivity contribution in [2.45, 2.75) is 12.5 Å². The molecule has 0 fully saturated rings. The van der Waals surface area contributed by atoms with Gasteiger partial charge in [0, 0.05) is 17.9 Å². The van der Waals surface area contributed by atoms with E-state index in [-0.39, 0.29) is 17.5 Å². The van der Waals surface area contributed by atoms with Crippen LogP contribution in [0.2, 0.25) is 0 Å². The number of imide groups is 1. The number of benzene rings is 1. The first kappa shape index (κ1) is 19.4. The smallest absolute Gasteiger partial charge is 0.263 e. The molecule has 0 bridgehead atoms. The highest BCUT2D eigenvalue weighted by atomic mass is 79.9. The number of carboxylic acids is 1. The maximum Gasteiger partial charge on any atom is 0.263 e. The van der Waals surface area contributed by atoms with E-state index in [1.165, 1.54) is 11.8 Å². The molecule has 0 radical (unpaired) electrons. The maximum absolute atomic E-state index is 12.7. The SMILES string of the molecule is CSCC[C@@H](C(=O)[O-])N1C(=O)c2c(Br)c(Br)c(Br)c(Br)c2C1=O. The van der Waals surface area contributed by atoms with Crippen LogP contribution in [0.3, 0.4) is 0 Å². The fourth-order valence-corrected chi connectivity index (χ4v) is 5.15. The van der Waals surface area contributed by atoms with Crippen LogP contribution in [0.5, 0.6) is 0 Å². The van der Waals surface area contributed by atoms with Gasteiger partial charge >= 0.3 is 0 Å². The Hall–Kier alpha value is 0.1000. The molecule has 2 rings (SSSR count). The van der Waals surface area contributed by atoms with Gasteiger partial charge in [0.1, 0.15) is 0 Å². The van der Waals surface area contributed by atoms with Gasteiger partial charge in [-0.2, -0.15) is 11.8 Å². The minimum Gasteiger partial charge on any atom is -0.548 e. The third-order valence-corrected chi connectivity index (χ3v) is 8.72. The lowest BCUT2D eigenvalue weighted by atomic mass is 10.1. The molecule has 0 N–H and O–H groups in total. The molecule has 0 saturated heterocycles. The van der Waals surface area contributed by atoms with Crippen molar-refractivity contribution >= 4 is 93.3 Å². The van der Waals surface area contributed by atoms with E-state index < -0.39 is 23.8 Å². The molecular formula is C13H8Br4NO4S-. The molecule has 1 heterocycles. The highest BCUT2D eigenvalue weighted by Crippen LogP contribution is 2.45. The zero-order valence-corrected chi connectivity index (χ0v) is 18.7. The first-order valence-corrected chi connectivity index (χ1v) is 10.7. The average Bonchev–Trinajstić information content (AvgIpc) is 2.75. The largest absolute Gasteiger partial charge is 0.548 e. The first-order valence-electron chi connectivity index (χ1n) is 6.17. The number of aliphatic carboxylic acids is 1. The quantitative estimate of drug-likeness (QED) is 0.298. The number of fused-ring (bicyclic) bond motifs is 1. The van der Waals surface area contributed by atoms with E-state index in [1.54, 1.807) is 0 Å². The Labute approximate surface area is 170 Å². The molecule has 1 aromatic carbocycles. The van der Waals surface area contributed by atoms with Gasteiger partial charge in [0.2, 0.25) is 0 Å². The van der Waals surface area contributed by atoms with Crippen molar-refractivity contribution in [3.63, 3.8) is 0 Å². The summed E-state index contributed by atoms with van der Waals surface area (Å²) >= 11 is 14.6. The summed E-state index contributed by atoms with van der Waals surface area (Å²) in [5, 5.41) is 11.4. The number of hydrogen-bond acceptors (Lipinski definition) is 5. The van der Waals surface area contributed by atoms with Crippen LogP contribution in [0, 0.1) is 0 Å². The molecular weight excluding hydrogens is 586 g/mol. The van der Waals surface area contributed by atoms with Crippen molar-refractivity contribution < 1.29 is 19.5 Å². The van der Waals surface area contributed by atoms with Gasteiger partial charge in [0.05, 0.1) is 23.1 Å². The average molecular weight is 594 g/mol. The number of carbonyl (C=O) groups is 3. The van der Waals surface area contributed by atoms with Crippen LogP contribution in [-0.4, -0.2) is 40.7 Å². The topological polar surface area (TPSA) is 77.5 Å². The van der Waals surface area contributed by atoms with Crippen LogP contribution in [0.1, 0.15) is 27.1 Å². The van der Waals surface area contributed by atoms with Gasteiger partial charge in [0.25, 0.3) is 11.8 Å². The van der Waals surface area contributed by atoms with Gasteiger partial charge in [-0.15, -0.1) is 0 Å². The number of nitrogens with zero attached hydrogens (tertiary/aromatic N) is 1. The molecule has 2 amide bonds. The Morgan fingerprint density at radius 1 is 1.04 bits per heavy atom. The first-order chi connectivity index (χ1) is 10.7. The lowest BCUT2D eigenvalue weighted by Gasteiger charge is -2.26. The van der Waals surface area contributed by atoms with E-state index in [2.05, 4.69) is 63.7 Å². The summed E-state index contributed by atoms with van der Waals surface area (Å²) < 4.78 is 1.90. The summed E-state index contributed by atoms with van der Waals surface area (Å²) in [4.78, 5) is 37.5. The Kier molecular flexibility index (Phi) is 6.38. The van der Waals surface area contributed by atoms with Crippen molar-refractivity contribution in [3.05, 3.63) is 29.0 Å². The molecule has 1 aromatic rings. The number of rotatable bonds is 5. The van der Waals surface area contributed by atoms with Crippen LogP contribution < -0.4 is 5.11 Å². The fraction of sp³-hybridized carbons (Fsp3) is 0.308. The molecule has 1 atom stereocenters. The van der Waals surface area contributed by atoms with Crippen LogP contribution in [0.25, 0.3) is 0 Å². The van der Waals surface area contributed by atoms with E-state index in [0.717, 1.165) is 4.90 Å². The predicted octanol–water partition coefficient (Wildman–Crippen LogP) is 3.20. The second-order valence-electron chi connectivity index (χ2n) is 4.60. The summed E-state index contributed by atoms with van der Waals surface area (Å²) in [5.74, 6) is -2.26. The third kappa shape index (κ3) is 3.29. The summed E-state index contributed by atoms with van der Waals surface area (Å²) in [5.41, 5.74) is 0.264. The lowest BCUT2D eigenvalue weighted by Crippen LogP contribution is -2.50. The fourth-order valence-electron chi connectivity index (χ4n) is 2.23. The number of carbonyl (C=O) groups excluding carboxylic acids is 3. The van der Waals surface area contributed by atoms with Crippen LogP contribution in [0.4, 0.5) is 0 Å². The zero-order valence-electron chi connectivity index (χ0n) is 11.5. The Morgan fingerprint density at radius 3 is 1.83 bits per heavy atom. The van der Waals surface area contributed by atoms with E-state index in [1.807, 2.05) is 6.26 Å². The minimum absolute atomic E-state index is 0.131. The molecule has 0 unspecified atom stereocenters. The van der Waals surface area contributed by atoms with Gasteiger partial charge in [-0.3, -0.25) is 14.5 Å². The molecule has 0 aliphatic carbocycles. The second kappa shape index (κ2) is 7.55. The van der Waals surface area contributed by atoms with E-state index >= 15 is 0 Å². The van der Waals surface area contributed by atoms with Crippen molar-refractivity contribution in [3.8, 4) is 0 Å². The normalized spacial score (nSPS) is 15.1. The number of amides is 2. The number of hydrogen-bond donors (Lipinski definition) is 0. The van der Waals surface area contributed by atoms with Crippen LogP contribution >= 0.6 is 75.5 Å². The molecule has 1 aliphatic heterocycles. The molecule has 0 saturated carbocycles.